The van der Waals surface area contributed by atoms with Crippen LogP contribution in [0.2, 0.25) is 0 Å². The normalized spacial score (nSPS) is 10.6. The number of amides is 1. The van der Waals surface area contributed by atoms with Crippen molar-refractivity contribution in [3.63, 3.8) is 0 Å². The Morgan fingerprint density at radius 3 is 2.89 bits per heavy atom. The van der Waals surface area contributed by atoms with Gasteiger partial charge in [0.25, 0.3) is 0 Å². The fourth-order valence-corrected chi connectivity index (χ4v) is 1.61. The van der Waals surface area contributed by atoms with Crippen LogP contribution in [-0.4, -0.2) is 20.8 Å². The molecule has 0 atom stereocenters. The first-order chi connectivity index (χ1) is 8.56. The van der Waals surface area contributed by atoms with Crippen molar-refractivity contribution in [1.29, 1.82) is 0 Å². The fraction of sp³-hybridized carbons (Fsp3) is 0.364. The molecule has 0 saturated heterocycles. The minimum absolute atomic E-state index is 0.139. The van der Waals surface area contributed by atoms with Gasteiger partial charge in [-0.1, -0.05) is 5.16 Å². The number of aryl methyl sites for hydroxylation is 2. The van der Waals surface area contributed by atoms with Crippen molar-refractivity contribution in [2.75, 3.05) is 5.73 Å². The fourth-order valence-electron chi connectivity index (χ4n) is 1.61. The Morgan fingerprint density at radius 1 is 1.56 bits per heavy atom. The minimum atomic E-state index is -0.141. The van der Waals surface area contributed by atoms with Gasteiger partial charge < -0.3 is 15.6 Å². The zero-order valence-electron chi connectivity index (χ0n) is 10.3. The molecule has 7 heteroatoms. The number of hydrogen-bond donors (Lipinski definition) is 2. The van der Waals surface area contributed by atoms with Crippen molar-refractivity contribution in [3.8, 4) is 0 Å². The molecule has 0 fully saturated rings. The molecule has 96 valence electrons. The van der Waals surface area contributed by atoms with Gasteiger partial charge in [0.2, 0.25) is 5.91 Å². The molecule has 18 heavy (non-hydrogen) atoms. The van der Waals surface area contributed by atoms with Crippen LogP contribution in [0.5, 0.6) is 0 Å². The van der Waals surface area contributed by atoms with Gasteiger partial charge in [-0.05, 0) is 13.8 Å². The summed E-state index contributed by atoms with van der Waals surface area (Å²) in [7, 11) is 0. The van der Waals surface area contributed by atoms with E-state index in [2.05, 4.69) is 15.6 Å². The first-order valence-electron chi connectivity index (χ1n) is 5.52. The van der Waals surface area contributed by atoms with Crippen LogP contribution in [0, 0.1) is 13.8 Å². The quantitative estimate of drug-likeness (QED) is 0.816. The number of carbonyl (C=O) groups excluding carboxylic acids is 1. The molecule has 0 bridgehead atoms. The number of aromatic nitrogens is 3. The summed E-state index contributed by atoms with van der Waals surface area (Å²) in [5.41, 5.74) is 7.74. The molecular weight excluding hydrogens is 234 g/mol. The van der Waals surface area contributed by atoms with Crippen molar-refractivity contribution in [1.82, 2.24) is 20.3 Å². The highest BCUT2D eigenvalue weighted by Gasteiger charge is 2.10. The highest BCUT2D eigenvalue weighted by molar-refractivity contribution is 5.75. The van der Waals surface area contributed by atoms with Gasteiger partial charge in [0.15, 0.2) is 0 Å². The average molecular weight is 249 g/mol. The number of rotatable bonds is 4. The van der Waals surface area contributed by atoms with Gasteiger partial charge in [-0.15, -0.1) is 0 Å². The molecule has 3 N–H and O–H groups in total. The second-order valence-electron chi connectivity index (χ2n) is 4.05. The van der Waals surface area contributed by atoms with Crippen molar-refractivity contribution in [2.45, 2.75) is 26.9 Å². The predicted octanol–water partition coefficient (Wildman–Crippen LogP) is 0.387. The lowest BCUT2D eigenvalue weighted by molar-refractivity contribution is -0.122. The molecule has 0 spiro atoms. The number of carbonyl (C=O) groups is 1. The standard InChI is InChI=1S/C11H15N5O2/c1-7-10(8(2)18-15-7)4-13-11(17)6-16-5-9(12)3-14-16/h3,5H,4,6,12H2,1-2H3,(H,13,17). The number of nitrogen functional groups attached to an aromatic ring is 1. The Morgan fingerprint density at radius 2 is 2.33 bits per heavy atom. The topological polar surface area (TPSA) is 99.0 Å². The van der Waals surface area contributed by atoms with Crippen LogP contribution in [-0.2, 0) is 17.9 Å². The molecule has 0 radical (unpaired) electrons. The first-order valence-corrected chi connectivity index (χ1v) is 5.52. The van der Waals surface area contributed by atoms with Crippen LogP contribution in [0.15, 0.2) is 16.9 Å². The lowest BCUT2D eigenvalue weighted by Gasteiger charge is -2.04. The summed E-state index contributed by atoms with van der Waals surface area (Å²) < 4.78 is 6.50. The maximum Gasteiger partial charge on any atom is 0.242 e. The van der Waals surface area contributed by atoms with E-state index in [0.717, 1.165) is 17.0 Å². The van der Waals surface area contributed by atoms with E-state index in [-0.39, 0.29) is 12.5 Å². The minimum Gasteiger partial charge on any atom is -0.396 e. The Bertz CT molecular complexity index is 538. The van der Waals surface area contributed by atoms with Gasteiger partial charge in [0.1, 0.15) is 12.3 Å². The second-order valence-corrected chi connectivity index (χ2v) is 4.05. The van der Waals surface area contributed by atoms with Gasteiger partial charge in [-0.25, -0.2) is 0 Å². The number of nitrogens with zero attached hydrogens (tertiary/aromatic N) is 3. The van der Waals surface area contributed by atoms with E-state index in [0.29, 0.717) is 12.2 Å². The van der Waals surface area contributed by atoms with E-state index >= 15 is 0 Å². The van der Waals surface area contributed by atoms with Gasteiger partial charge in [-0.3, -0.25) is 9.48 Å². The van der Waals surface area contributed by atoms with Crippen molar-refractivity contribution in [3.05, 3.63) is 29.4 Å². The van der Waals surface area contributed by atoms with E-state index < -0.39 is 0 Å². The van der Waals surface area contributed by atoms with Crippen LogP contribution in [0.1, 0.15) is 17.0 Å². The highest BCUT2D eigenvalue weighted by Crippen LogP contribution is 2.11. The third-order valence-electron chi connectivity index (χ3n) is 2.60. The zero-order valence-corrected chi connectivity index (χ0v) is 10.3. The van der Waals surface area contributed by atoms with Gasteiger partial charge in [0.05, 0.1) is 17.6 Å². The summed E-state index contributed by atoms with van der Waals surface area (Å²) in [6.45, 7) is 4.19. The molecule has 0 aliphatic carbocycles. The maximum atomic E-state index is 11.7. The monoisotopic (exact) mass is 249 g/mol. The molecule has 2 aromatic rings. The third kappa shape index (κ3) is 2.68. The SMILES string of the molecule is Cc1noc(C)c1CNC(=O)Cn1cc(N)cn1. The molecule has 0 unspecified atom stereocenters. The molecule has 0 saturated carbocycles. The van der Waals surface area contributed by atoms with E-state index in [1.54, 1.807) is 6.20 Å². The van der Waals surface area contributed by atoms with Crippen LogP contribution >= 0.6 is 0 Å². The van der Waals surface area contributed by atoms with Crippen molar-refractivity contribution in [2.24, 2.45) is 0 Å². The Hall–Kier alpha value is -2.31. The zero-order chi connectivity index (χ0) is 13.1. The number of nitrogens with one attached hydrogen (secondary N) is 1. The number of anilines is 1. The second kappa shape index (κ2) is 4.91. The summed E-state index contributed by atoms with van der Waals surface area (Å²) in [5.74, 6) is 0.578. The molecule has 2 rings (SSSR count). The lowest BCUT2D eigenvalue weighted by atomic mass is 10.2. The van der Waals surface area contributed by atoms with Gasteiger partial charge >= 0.3 is 0 Å². The van der Waals surface area contributed by atoms with E-state index in [9.17, 15) is 4.79 Å². The average Bonchev–Trinajstić information content (AvgIpc) is 2.84. The number of nitrogens with two attached hydrogens (primary N) is 1. The molecular formula is C11H15N5O2. The molecule has 2 heterocycles. The molecule has 0 aliphatic rings. The Balaban J connectivity index is 1.89. The third-order valence-corrected chi connectivity index (χ3v) is 2.60. The van der Waals surface area contributed by atoms with Crippen LogP contribution in [0.3, 0.4) is 0 Å². The smallest absolute Gasteiger partial charge is 0.242 e. The van der Waals surface area contributed by atoms with Crippen LogP contribution in [0.25, 0.3) is 0 Å². The molecule has 7 nitrogen and oxygen atoms in total. The van der Waals surface area contributed by atoms with Crippen LogP contribution in [0.4, 0.5) is 5.69 Å². The van der Waals surface area contributed by atoms with Crippen molar-refractivity contribution < 1.29 is 9.32 Å². The summed E-state index contributed by atoms with van der Waals surface area (Å²) in [5, 5.41) is 10.5. The van der Waals surface area contributed by atoms with Gasteiger partial charge in [-0.2, -0.15) is 5.10 Å². The summed E-state index contributed by atoms with van der Waals surface area (Å²) in [6.07, 6.45) is 3.11. The predicted molar refractivity (Wildman–Crippen MR) is 64.5 cm³/mol. The lowest BCUT2D eigenvalue weighted by Crippen LogP contribution is -2.27. The molecule has 1 amide bonds. The number of hydrogen-bond acceptors (Lipinski definition) is 5. The largest absolute Gasteiger partial charge is 0.396 e. The van der Waals surface area contributed by atoms with Crippen molar-refractivity contribution >= 4 is 11.6 Å². The van der Waals surface area contributed by atoms with E-state index in [4.69, 9.17) is 10.3 Å². The molecule has 0 aliphatic heterocycles. The summed E-state index contributed by atoms with van der Waals surface area (Å²) in [6, 6.07) is 0. The highest BCUT2D eigenvalue weighted by atomic mass is 16.5. The summed E-state index contributed by atoms with van der Waals surface area (Å²) in [4.78, 5) is 11.7. The first kappa shape index (κ1) is 12.2. The maximum absolute atomic E-state index is 11.7. The van der Waals surface area contributed by atoms with E-state index in [1.807, 2.05) is 13.8 Å². The molecule has 2 aromatic heterocycles. The van der Waals surface area contributed by atoms with Crippen LogP contribution < -0.4 is 11.1 Å². The Labute approximate surface area is 104 Å². The summed E-state index contributed by atoms with van der Waals surface area (Å²) >= 11 is 0. The van der Waals surface area contributed by atoms with E-state index in [1.165, 1.54) is 10.9 Å². The molecule has 0 aromatic carbocycles. The van der Waals surface area contributed by atoms with Gasteiger partial charge in [0, 0.05) is 18.3 Å². The Kier molecular flexibility index (Phi) is 3.31.